The molecule has 1 heterocycles. The Kier molecular flexibility index (Phi) is 11.5. The van der Waals surface area contributed by atoms with Gasteiger partial charge in [-0.25, -0.2) is 9.40 Å². The van der Waals surface area contributed by atoms with E-state index in [1.807, 2.05) is 31.0 Å². The smallest absolute Gasteiger partial charge is 0.256 e. The van der Waals surface area contributed by atoms with Gasteiger partial charge in [0.05, 0.1) is 6.54 Å². The van der Waals surface area contributed by atoms with Gasteiger partial charge in [0.15, 0.2) is 5.78 Å². The molecular formula is C27H36Cl2FN5O3. The van der Waals surface area contributed by atoms with E-state index in [9.17, 15) is 18.8 Å². The maximum Gasteiger partial charge on any atom is 0.256 e. The number of hydrazine groups is 1. The summed E-state index contributed by atoms with van der Waals surface area (Å²) in [4.78, 5) is 39.8. The van der Waals surface area contributed by atoms with Gasteiger partial charge in [-0.05, 0) is 66.4 Å². The molecular weight excluding hydrogens is 532 g/mol. The molecule has 2 aliphatic rings. The van der Waals surface area contributed by atoms with Crippen molar-refractivity contribution in [3.63, 3.8) is 0 Å². The van der Waals surface area contributed by atoms with Crippen molar-refractivity contribution in [2.75, 3.05) is 45.1 Å². The van der Waals surface area contributed by atoms with E-state index in [0.717, 1.165) is 46.5 Å². The van der Waals surface area contributed by atoms with Crippen molar-refractivity contribution in [1.29, 1.82) is 0 Å². The summed E-state index contributed by atoms with van der Waals surface area (Å²) in [6, 6.07) is 8.52. The van der Waals surface area contributed by atoms with E-state index in [1.165, 1.54) is 17.1 Å². The molecule has 2 aromatic carbocycles. The van der Waals surface area contributed by atoms with Crippen LogP contribution in [0.5, 0.6) is 0 Å². The van der Waals surface area contributed by atoms with Crippen molar-refractivity contribution < 1.29 is 18.8 Å². The third-order valence-corrected chi connectivity index (χ3v) is 6.95. The number of aryl methyl sites for hydroxylation is 2. The van der Waals surface area contributed by atoms with Crippen LogP contribution in [0.3, 0.4) is 0 Å². The SMILES string of the molecule is CCNCCN(CC(=O)N(C)N1Cc2ccc(F)cc2C1)C(=O)CNc1cc2c(cc1C)C(=O)CC2.Cl.Cl. The predicted octanol–water partition coefficient (Wildman–Crippen LogP) is 3.35. The molecule has 8 nitrogen and oxygen atoms in total. The van der Waals surface area contributed by atoms with E-state index in [2.05, 4.69) is 10.6 Å². The first-order chi connectivity index (χ1) is 17.3. The Balaban J connectivity index is 0.00000253. The van der Waals surface area contributed by atoms with Crippen LogP contribution in [0.2, 0.25) is 0 Å². The molecule has 0 radical (unpaired) electrons. The fourth-order valence-corrected chi connectivity index (χ4v) is 4.74. The van der Waals surface area contributed by atoms with Gasteiger partial charge in [-0.1, -0.05) is 13.0 Å². The zero-order chi connectivity index (χ0) is 25.8. The lowest BCUT2D eigenvalue weighted by Gasteiger charge is -2.31. The van der Waals surface area contributed by atoms with Crippen molar-refractivity contribution in [3.05, 3.63) is 64.0 Å². The van der Waals surface area contributed by atoms with Crippen molar-refractivity contribution in [2.45, 2.75) is 39.8 Å². The fraction of sp³-hybridized carbons (Fsp3) is 0.444. The number of ketones is 1. The minimum atomic E-state index is -0.289. The van der Waals surface area contributed by atoms with Gasteiger partial charge in [0.25, 0.3) is 5.91 Å². The molecule has 0 bridgehead atoms. The van der Waals surface area contributed by atoms with Crippen molar-refractivity contribution in [3.8, 4) is 0 Å². The molecule has 2 amide bonds. The highest BCUT2D eigenvalue weighted by atomic mass is 35.5. The molecule has 4 rings (SSSR count). The van der Waals surface area contributed by atoms with Crippen molar-refractivity contribution in [2.24, 2.45) is 0 Å². The summed E-state index contributed by atoms with van der Waals surface area (Å²) in [5.74, 6) is -0.514. The lowest BCUT2D eigenvalue weighted by Crippen LogP contribution is -2.49. The normalized spacial score (nSPS) is 13.7. The third kappa shape index (κ3) is 7.22. The van der Waals surface area contributed by atoms with Gasteiger partial charge in [-0.15, -0.1) is 24.8 Å². The molecule has 2 N–H and O–H groups in total. The first kappa shape index (κ1) is 31.5. The standard InChI is InChI=1S/C27H34FN5O3.2ClH/c1-4-29-9-10-32(17-27(36)31(3)33-15-20-5-7-22(28)12-21(20)16-33)26(35)14-30-24-13-19-6-8-25(34)23(19)11-18(24)2;;/h5,7,11-13,29-30H,4,6,8-10,14-17H2,1-3H3;2*1H. The summed E-state index contributed by atoms with van der Waals surface area (Å²) in [7, 11) is 1.69. The minimum Gasteiger partial charge on any atom is -0.376 e. The van der Waals surface area contributed by atoms with E-state index in [4.69, 9.17) is 0 Å². The Bertz CT molecular complexity index is 1180. The number of hydrogen-bond acceptors (Lipinski definition) is 6. The van der Waals surface area contributed by atoms with Gasteiger partial charge < -0.3 is 15.5 Å². The molecule has 0 atom stereocenters. The number of benzene rings is 2. The number of rotatable bonds is 10. The second-order valence-corrected chi connectivity index (χ2v) is 9.42. The van der Waals surface area contributed by atoms with Gasteiger partial charge >= 0.3 is 0 Å². The van der Waals surface area contributed by atoms with Crippen molar-refractivity contribution >= 4 is 48.1 Å². The highest BCUT2D eigenvalue weighted by Crippen LogP contribution is 2.28. The number of Topliss-reactive ketones (excluding diaryl/α,β-unsaturated/α-hetero) is 1. The topological polar surface area (TPSA) is 85.0 Å². The average molecular weight is 569 g/mol. The van der Waals surface area contributed by atoms with Gasteiger partial charge in [-0.3, -0.25) is 19.4 Å². The van der Waals surface area contributed by atoms with Crippen LogP contribution in [-0.2, 0) is 29.1 Å². The number of carbonyl (C=O) groups excluding carboxylic acids is 3. The van der Waals surface area contributed by atoms with Crippen LogP contribution in [0.15, 0.2) is 30.3 Å². The number of amides is 2. The number of nitrogens with one attached hydrogen (secondary N) is 2. The summed E-state index contributed by atoms with van der Waals surface area (Å²) in [6.07, 6.45) is 1.25. The maximum atomic E-state index is 13.6. The number of carbonyl (C=O) groups is 3. The number of fused-ring (bicyclic) bond motifs is 2. The molecule has 1 aliphatic carbocycles. The Hall–Kier alpha value is -2.72. The van der Waals surface area contributed by atoms with Crippen molar-refractivity contribution in [1.82, 2.24) is 20.2 Å². The monoisotopic (exact) mass is 567 g/mol. The van der Waals surface area contributed by atoms with Crippen LogP contribution in [-0.4, -0.2) is 72.3 Å². The zero-order valence-corrected chi connectivity index (χ0v) is 23.6. The second-order valence-electron chi connectivity index (χ2n) is 9.42. The maximum absolute atomic E-state index is 13.6. The molecule has 0 fully saturated rings. The highest BCUT2D eigenvalue weighted by Gasteiger charge is 2.28. The molecule has 0 saturated heterocycles. The lowest BCUT2D eigenvalue weighted by atomic mass is 10.0. The highest BCUT2D eigenvalue weighted by molar-refractivity contribution is 6.01. The molecule has 2 aromatic rings. The van der Waals surface area contributed by atoms with E-state index in [1.54, 1.807) is 18.0 Å². The van der Waals surface area contributed by atoms with Gasteiger partial charge in [0, 0.05) is 50.9 Å². The quantitative estimate of drug-likeness (QED) is 0.428. The molecule has 1 aliphatic heterocycles. The Morgan fingerprint density at radius 2 is 1.76 bits per heavy atom. The van der Waals surface area contributed by atoms with Gasteiger partial charge in [0.1, 0.15) is 12.4 Å². The summed E-state index contributed by atoms with van der Waals surface area (Å²) in [6.45, 7) is 6.61. The minimum absolute atomic E-state index is 0. The Morgan fingerprint density at radius 1 is 1.03 bits per heavy atom. The van der Waals surface area contributed by atoms with E-state index in [0.29, 0.717) is 32.6 Å². The number of hydrogen-bond donors (Lipinski definition) is 2. The molecule has 208 valence electrons. The van der Waals surface area contributed by atoms with Crippen LogP contribution < -0.4 is 10.6 Å². The van der Waals surface area contributed by atoms with Gasteiger partial charge in [-0.2, -0.15) is 0 Å². The summed E-state index contributed by atoms with van der Waals surface area (Å²) in [5.41, 5.74) is 5.38. The molecule has 0 aromatic heterocycles. The number of halogens is 3. The van der Waals surface area contributed by atoms with E-state index >= 15 is 0 Å². The number of nitrogens with zero attached hydrogens (tertiary/aromatic N) is 3. The van der Waals surface area contributed by atoms with Crippen LogP contribution >= 0.6 is 24.8 Å². The van der Waals surface area contributed by atoms with Gasteiger partial charge in [0.2, 0.25) is 5.91 Å². The molecule has 0 saturated carbocycles. The summed E-state index contributed by atoms with van der Waals surface area (Å²) < 4.78 is 13.6. The lowest BCUT2D eigenvalue weighted by molar-refractivity contribution is -0.151. The average Bonchev–Trinajstić information content (AvgIpc) is 3.44. The molecule has 38 heavy (non-hydrogen) atoms. The summed E-state index contributed by atoms with van der Waals surface area (Å²) >= 11 is 0. The largest absolute Gasteiger partial charge is 0.376 e. The molecule has 0 spiro atoms. The summed E-state index contributed by atoms with van der Waals surface area (Å²) in [5, 5.41) is 9.80. The Morgan fingerprint density at radius 3 is 2.50 bits per heavy atom. The van der Waals surface area contributed by atoms with E-state index in [-0.39, 0.29) is 61.3 Å². The first-order valence-corrected chi connectivity index (χ1v) is 12.4. The zero-order valence-electron chi connectivity index (χ0n) is 22.0. The Labute approximate surface area is 235 Å². The second kappa shape index (κ2) is 13.9. The molecule has 11 heteroatoms. The van der Waals surface area contributed by atoms with Crippen LogP contribution in [0.4, 0.5) is 10.1 Å². The van der Waals surface area contributed by atoms with Crippen LogP contribution in [0.25, 0.3) is 0 Å². The molecule has 0 unspecified atom stereocenters. The van der Waals surface area contributed by atoms with E-state index < -0.39 is 0 Å². The third-order valence-electron chi connectivity index (χ3n) is 6.95. The fourth-order valence-electron chi connectivity index (χ4n) is 4.74. The predicted molar refractivity (Wildman–Crippen MR) is 150 cm³/mol. The number of anilines is 1. The first-order valence-electron chi connectivity index (χ1n) is 12.4. The number of likely N-dealkylation sites (N-methyl/N-ethyl adjacent to an activating group) is 2. The van der Waals surface area contributed by atoms with Crippen LogP contribution in [0.1, 0.15) is 46.0 Å². The van der Waals surface area contributed by atoms with Crippen LogP contribution in [0, 0.1) is 12.7 Å².